The third-order valence-corrected chi connectivity index (χ3v) is 6.76. The molecule has 0 aliphatic heterocycles. The maximum absolute atomic E-state index is 3.88. The van der Waals surface area contributed by atoms with E-state index in [9.17, 15) is 0 Å². The molecule has 0 aliphatic carbocycles. The summed E-state index contributed by atoms with van der Waals surface area (Å²) in [6.45, 7) is 13.9. The Bertz CT molecular complexity index is 572. The maximum atomic E-state index is 3.88. The van der Waals surface area contributed by atoms with Crippen molar-refractivity contribution in [2.45, 2.75) is 52.7 Å². The molecule has 0 spiro atoms. The van der Waals surface area contributed by atoms with Crippen molar-refractivity contribution in [1.82, 2.24) is 4.98 Å². The first-order chi connectivity index (χ1) is 8.74. The molecule has 0 saturated heterocycles. The minimum atomic E-state index is -1.62. The molecule has 0 aromatic heterocycles. The summed E-state index contributed by atoms with van der Waals surface area (Å²) in [5.41, 5.74) is 1.65. The highest BCUT2D eigenvalue weighted by Gasteiger charge is 2.27. The van der Waals surface area contributed by atoms with E-state index in [4.69, 9.17) is 0 Å². The summed E-state index contributed by atoms with van der Waals surface area (Å²) in [4.78, 5) is 3.88. The average Bonchev–Trinajstić information content (AvgIpc) is 2.65. The molecule has 0 amide bonds. The van der Waals surface area contributed by atoms with Crippen molar-refractivity contribution in [2.75, 3.05) is 0 Å². The van der Waals surface area contributed by atoms with E-state index in [1.807, 2.05) is 0 Å². The molecule has 104 valence electrons. The quantitative estimate of drug-likeness (QED) is 0.659. The van der Waals surface area contributed by atoms with Crippen LogP contribution in [0.2, 0.25) is 13.1 Å². The fourth-order valence-electron chi connectivity index (χ4n) is 3.14. The van der Waals surface area contributed by atoms with Crippen molar-refractivity contribution >= 4 is 24.2 Å². The van der Waals surface area contributed by atoms with Crippen LogP contribution in [0, 0.1) is 0 Å². The lowest BCUT2D eigenvalue weighted by molar-refractivity contribution is 0.515. The summed E-state index contributed by atoms with van der Waals surface area (Å²) in [6, 6.07) is 11.3. The number of aryl methyl sites for hydroxylation is 1. The molecule has 2 aromatic rings. The summed E-state index contributed by atoms with van der Waals surface area (Å²) >= 11 is 0. The molecule has 0 heterocycles. The highest BCUT2D eigenvalue weighted by atomic mass is 28.3. The number of hydrogen-bond donors (Lipinski definition) is 1. The van der Waals surface area contributed by atoms with Crippen LogP contribution in [-0.4, -0.2) is 13.8 Å². The van der Waals surface area contributed by atoms with Crippen LogP contribution in [0.3, 0.4) is 0 Å². The largest absolute Gasteiger partial charge is 0.335 e. The lowest BCUT2D eigenvalue weighted by atomic mass is 10.1. The van der Waals surface area contributed by atoms with Crippen molar-refractivity contribution in [3.8, 4) is 0 Å². The first-order valence-electron chi connectivity index (χ1n) is 7.22. The van der Waals surface area contributed by atoms with Crippen molar-refractivity contribution in [3.05, 3.63) is 35.9 Å². The summed E-state index contributed by atoms with van der Waals surface area (Å²) in [5.74, 6) is 0. The monoisotopic (exact) mass is 272 g/mol. The fourth-order valence-corrected chi connectivity index (χ4v) is 6.58. The maximum Gasteiger partial charge on any atom is 0.106 e. The normalized spacial score (nSPS) is 13.2. The van der Waals surface area contributed by atoms with Crippen LogP contribution >= 0.6 is 0 Å². The van der Waals surface area contributed by atoms with Gasteiger partial charge in [0.15, 0.2) is 0 Å². The van der Waals surface area contributed by atoms with E-state index in [0.717, 1.165) is 6.42 Å². The van der Waals surface area contributed by atoms with E-state index in [2.05, 4.69) is 76.1 Å². The third kappa shape index (κ3) is 2.95. The van der Waals surface area contributed by atoms with Crippen LogP contribution in [0.1, 0.15) is 33.3 Å². The summed E-state index contributed by atoms with van der Waals surface area (Å²) in [5, 5.41) is 4.44. The zero-order chi connectivity index (χ0) is 14.3. The van der Waals surface area contributed by atoms with Gasteiger partial charge >= 0.3 is 0 Å². The topological polar surface area (TPSA) is 12.0 Å². The molecular weight excluding hydrogens is 246 g/mol. The molecule has 0 saturated carbocycles. The lowest BCUT2D eigenvalue weighted by Crippen LogP contribution is -2.61. The Hall–Kier alpha value is -0.993. The molecule has 2 aromatic carbocycles. The summed E-state index contributed by atoms with van der Waals surface area (Å²) in [6.07, 6.45) is 1.11. The Morgan fingerprint density at radius 2 is 1.89 bits per heavy atom. The second kappa shape index (κ2) is 4.84. The second-order valence-electron chi connectivity index (χ2n) is 6.98. The molecular formula is C17H26NSi-. The van der Waals surface area contributed by atoms with Gasteiger partial charge in [-0.3, -0.25) is 0 Å². The van der Waals surface area contributed by atoms with Crippen molar-refractivity contribution in [3.63, 3.8) is 0 Å². The SMILES string of the molecule is CCc1cc([Si](C)(C)NC(C)(C)C)c2cccc[c-]12. The van der Waals surface area contributed by atoms with Gasteiger partial charge in [-0.05, 0) is 27.2 Å². The predicted octanol–water partition coefficient (Wildman–Crippen LogP) is 3.92. The van der Waals surface area contributed by atoms with Gasteiger partial charge in [0.1, 0.15) is 8.24 Å². The predicted molar refractivity (Wildman–Crippen MR) is 88.9 cm³/mol. The van der Waals surface area contributed by atoms with E-state index < -0.39 is 8.24 Å². The molecule has 2 heteroatoms. The smallest absolute Gasteiger partial charge is 0.106 e. The highest BCUT2D eigenvalue weighted by Crippen LogP contribution is 2.23. The lowest BCUT2D eigenvalue weighted by Gasteiger charge is -2.36. The van der Waals surface area contributed by atoms with E-state index in [1.165, 1.54) is 16.3 Å². The van der Waals surface area contributed by atoms with E-state index in [0.29, 0.717) is 0 Å². The first-order valence-corrected chi connectivity index (χ1v) is 10.2. The standard InChI is InChI=1S/C17H26NSi/c1-7-13-12-16(15-11-9-8-10-14(13)15)19(5,6)18-17(2,3)4/h8-12,18H,7H2,1-6H3/q-1. The van der Waals surface area contributed by atoms with Crippen molar-refractivity contribution in [2.24, 2.45) is 0 Å². The Morgan fingerprint density at radius 3 is 2.47 bits per heavy atom. The van der Waals surface area contributed by atoms with Crippen LogP contribution in [0.5, 0.6) is 0 Å². The minimum absolute atomic E-state index is 0.167. The van der Waals surface area contributed by atoms with Gasteiger partial charge in [-0.25, -0.2) is 0 Å². The van der Waals surface area contributed by atoms with Crippen LogP contribution < -0.4 is 10.2 Å². The van der Waals surface area contributed by atoms with Crippen molar-refractivity contribution < 1.29 is 0 Å². The Morgan fingerprint density at radius 1 is 1.21 bits per heavy atom. The zero-order valence-corrected chi connectivity index (χ0v) is 14.1. The zero-order valence-electron chi connectivity index (χ0n) is 13.1. The number of hydrogen-bond acceptors (Lipinski definition) is 1. The van der Waals surface area contributed by atoms with Gasteiger partial charge in [-0.15, -0.1) is 46.5 Å². The van der Waals surface area contributed by atoms with Crippen molar-refractivity contribution in [1.29, 1.82) is 0 Å². The van der Waals surface area contributed by atoms with E-state index in [-0.39, 0.29) is 5.54 Å². The number of nitrogens with one attached hydrogen (secondary N) is 1. The van der Waals surface area contributed by atoms with Gasteiger partial charge in [0.05, 0.1) is 0 Å². The molecule has 0 unspecified atom stereocenters. The van der Waals surface area contributed by atoms with Crippen LogP contribution in [0.4, 0.5) is 0 Å². The Balaban J connectivity index is 2.56. The molecule has 0 atom stereocenters. The van der Waals surface area contributed by atoms with Crippen LogP contribution in [-0.2, 0) is 6.42 Å². The molecule has 0 aliphatic rings. The number of rotatable bonds is 3. The van der Waals surface area contributed by atoms with E-state index >= 15 is 0 Å². The Kier molecular flexibility index (Phi) is 3.67. The van der Waals surface area contributed by atoms with E-state index in [1.54, 1.807) is 5.19 Å². The third-order valence-electron chi connectivity index (χ3n) is 3.62. The molecule has 1 N–H and O–H groups in total. The van der Waals surface area contributed by atoms with Gasteiger partial charge in [0.2, 0.25) is 0 Å². The van der Waals surface area contributed by atoms with Gasteiger partial charge in [-0.1, -0.05) is 25.4 Å². The Labute approximate surface area is 118 Å². The summed E-state index contributed by atoms with van der Waals surface area (Å²) < 4.78 is 0. The molecule has 0 fully saturated rings. The van der Waals surface area contributed by atoms with Gasteiger partial charge in [0.25, 0.3) is 0 Å². The second-order valence-corrected chi connectivity index (χ2v) is 11.0. The molecule has 19 heavy (non-hydrogen) atoms. The average molecular weight is 272 g/mol. The van der Waals surface area contributed by atoms with Crippen LogP contribution in [0.25, 0.3) is 10.8 Å². The molecule has 0 radical (unpaired) electrons. The summed E-state index contributed by atoms with van der Waals surface area (Å²) in [7, 11) is -1.62. The van der Waals surface area contributed by atoms with Gasteiger partial charge < -0.3 is 4.98 Å². The van der Waals surface area contributed by atoms with Gasteiger partial charge in [0, 0.05) is 5.54 Å². The molecule has 0 bridgehead atoms. The highest BCUT2D eigenvalue weighted by molar-refractivity contribution is 6.89. The first kappa shape index (κ1) is 14.4. The fraction of sp³-hybridized carbons (Fsp3) is 0.471. The number of benzene rings is 1. The minimum Gasteiger partial charge on any atom is -0.335 e. The van der Waals surface area contributed by atoms with Crippen LogP contribution in [0.15, 0.2) is 30.3 Å². The molecule has 1 nitrogen and oxygen atoms in total. The molecule has 2 rings (SSSR count). The number of fused-ring (bicyclic) bond motifs is 1. The van der Waals surface area contributed by atoms with Gasteiger partial charge in [-0.2, -0.15) is 0 Å².